The van der Waals surface area contributed by atoms with E-state index >= 15 is 0 Å². The van der Waals surface area contributed by atoms with Crippen LogP contribution in [0.4, 0.5) is 0 Å². The monoisotopic (exact) mass is 271 g/mol. The molecule has 3 heteroatoms. The summed E-state index contributed by atoms with van der Waals surface area (Å²) in [4.78, 5) is 2.66. The third-order valence-electron chi connectivity index (χ3n) is 4.40. The second-order valence-electron chi connectivity index (χ2n) is 5.89. The zero-order valence-corrected chi connectivity index (χ0v) is 13.8. The summed E-state index contributed by atoms with van der Waals surface area (Å²) >= 11 is 0. The fraction of sp³-hybridized carbons (Fsp3) is 1.00. The van der Waals surface area contributed by atoms with Crippen LogP contribution in [0.15, 0.2) is 0 Å². The molecule has 0 amide bonds. The van der Waals surface area contributed by atoms with Crippen molar-refractivity contribution in [3.63, 3.8) is 0 Å². The summed E-state index contributed by atoms with van der Waals surface area (Å²) in [5, 5.41) is 0. The zero-order valence-electron chi connectivity index (χ0n) is 12.8. The molecule has 0 aliphatic carbocycles. The first-order chi connectivity index (χ1) is 8.76. The predicted molar refractivity (Wildman–Crippen MR) is 82.7 cm³/mol. The Kier molecular flexibility index (Phi) is 8.19. The second kappa shape index (κ2) is 9.11. The van der Waals surface area contributed by atoms with E-state index < -0.39 is 8.32 Å². The first-order valence-electron chi connectivity index (χ1n) is 8.04. The summed E-state index contributed by atoms with van der Waals surface area (Å²) in [6.45, 7) is 8.60. The van der Waals surface area contributed by atoms with Crippen LogP contribution in [0.3, 0.4) is 0 Å². The lowest BCUT2D eigenvalue weighted by Gasteiger charge is -2.31. The number of hydrogen-bond donors (Lipinski definition) is 0. The molecule has 1 aliphatic heterocycles. The highest BCUT2D eigenvalue weighted by Gasteiger charge is 2.31. The van der Waals surface area contributed by atoms with Crippen LogP contribution in [-0.2, 0) is 4.43 Å². The van der Waals surface area contributed by atoms with Gasteiger partial charge in [-0.2, -0.15) is 0 Å². The van der Waals surface area contributed by atoms with Gasteiger partial charge in [-0.15, -0.1) is 0 Å². The van der Waals surface area contributed by atoms with Crippen molar-refractivity contribution >= 4 is 8.32 Å². The average Bonchev–Trinajstić information content (AvgIpc) is 2.40. The van der Waals surface area contributed by atoms with Crippen molar-refractivity contribution in [3.8, 4) is 0 Å². The SMILES string of the molecule is CCC[Si](CCC)(CCCN1CCCCC1)OC. The van der Waals surface area contributed by atoms with Gasteiger partial charge in [0.1, 0.15) is 0 Å². The van der Waals surface area contributed by atoms with E-state index in [2.05, 4.69) is 18.7 Å². The van der Waals surface area contributed by atoms with E-state index in [1.165, 1.54) is 76.3 Å². The molecule has 2 nitrogen and oxygen atoms in total. The second-order valence-corrected chi connectivity index (χ2v) is 10.2. The van der Waals surface area contributed by atoms with Crippen LogP contribution in [0, 0.1) is 0 Å². The first kappa shape index (κ1) is 16.2. The molecule has 0 radical (unpaired) electrons. The smallest absolute Gasteiger partial charge is 0.192 e. The molecule has 1 fully saturated rings. The molecule has 0 saturated carbocycles. The summed E-state index contributed by atoms with van der Waals surface area (Å²) in [5.41, 5.74) is 0. The molecule has 0 bridgehead atoms. The van der Waals surface area contributed by atoms with Crippen molar-refractivity contribution in [1.29, 1.82) is 0 Å². The van der Waals surface area contributed by atoms with Crippen LogP contribution in [-0.4, -0.2) is 40.0 Å². The molecule has 1 rings (SSSR count). The third kappa shape index (κ3) is 5.41. The standard InChI is InChI=1S/C15H33NOSi/c1-4-13-18(17-3,14-5-2)15-9-12-16-10-7-6-8-11-16/h4-15H2,1-3H3. The molecule has 0 unspecified atom stereocenters. The number of likely N-dealkylation sites (tertiary alicyclic amines) is 1. The molecule has 1 saturated heterocycles. The molecular formula is C15H33NOSi. The van der Waals surface area contributed by atoms with E-state index in [0.29, 0.717) is 0 Å². The maximum absolute atomic E-state index is 6.03. The lowest BCUT2D eigenvalue weighted by Crippen LogP contribution is -2.38. The highest BCUT2D eigenvalue weighted by atomic mass is 28.4. The molecule has 0 atom stereocenters. The van der Waals surface area contributed by atoms with E-state index in [0.717, 1.165) is 0 Å². The minimum absolute atomic E-state index is 1.30. The molecule has 18 heavy (non-hydrogen) atoms. The minimum atomic E-state index is -1.38. The fourth-order valence-electron chi connectivity index (χ4n) is 3.40. The summed E-state index contributed by atoms with van der Waals surface area (Å²) in [6, 6.07) is 4.09. The summed E-state index contributed by atoms with van der Waals surface area (Å²) in [5.74, 6) is 0. The van der Waals surface area contributed by atoms with Gasteiger partial charge in [-0.1, -0.05) is 33.1 Å². The van der Waals surface area contributed by atoms with Crippen LogP contribution < -0.4 is 0 Å². The van der Waals surface area contributed by atoms with Crippen molar-refractivity contribution in [3.05, 3.63) is 0 Å². The molecule has 108 valence electrons. The molecule has 1 heterocycles. The van der Waals surface area contributed by atoms with Gasteiger partial charge < -0.3 is 9.33 Å². The molecule has 1 aliphatic rings. The van der Waals surface area contributed by atoms with Crippen molar-refractivity contribution in [2.45, 2.75) is 70.5 Å². The van der Waals surface area contributed by atoms with E-state index in [1.54, 1.807) is 0 Å². The summed E-state index contributed by atoms with van der Waals surface area (Å²) in [6.07, 6.45) is 8.22. The normalized spacial score (nSPS) is 18.2. The largest absolute Gasteiger partial charge is 0.420 e. The van der Waals surface area contributed by atoms with Crippen molar-refractivity contribution in [2.24, 2.45) is 0 Å². The number of piperidine rings is 1. The van der Waals surface area contributed by atoms with E-state index in [1.807, 2.05) is 7.11 Å². The molecule has 0 aromatic heterocycles. The Labute approximate surface area is 115 Å². The van der Waals surface area contributed by atoms with Gasteiger partial charge in [0.05, 0.1) is 0 Å². The van der Waals surface area contributed by atoms with Crippen LogP contribution >= 0.6 is 0 Å². The van der Waals surface area contributed by atoms with Crippen molar-refractivity contribution in [1.82, 2.24) is 4.90 Å². The number of nitrogens with zero attached hydrogens (tertiary/aromatic N) is 1. The van der Waals surface area contributed by atoms with Crippen LogP contribution in [0.25, 0.3) is 0 Å². The van der Waals surface area contributed by atoms with Gasteiger partial charge in [-0.3, -0.25) is 0 Å². The topological polar surface area (TPSA) is 12.5 Å². The highest BCUT2D eigenvalue weighted by molar-refractivity contribution is 6.73. The summed E-state index contributed by atoms with van der Waals surface area (Å²) in [7, 11) is 0.590. The Morgan fingerprint density at radius 3 is 2.06 bits per heavy atom. The van der Waals surface area contributed by atoms with Gasteiger partial charge >= 0.3 is 0 Å². The number of rotatable bonds is 9. The van der Waals surface area contributed by atoms with Gasteiger partial charge in [0.25, 0.3) is 0 Å². The van der Waals surface area contributed by atoms with Crippen LogP contribution in [0.5, 0.6) is 0 Å². The van der Waals surface area contributed by atoms with E-state index in [-0.39, 0.29) is 0 Å². The summed E-state index contributed by atoms with van der Waals surface area (Å²) < 4.78 is 6.03. The number of hydrogen-bond acceptors (Lipinski definition) is 2. The van der Waals surface area contributed by atoms with Gasteiger partial charge in [-0.05, 0) is 57.0 Å². The first-order valence-corrected chi connectivity index (χ1v) is 10.6. The lowest BCUT2D eigenvalue weighted by molar-refractivity contribution is 0.227. The maximum Gasteiger partial charge on any atom is 0.192 e. The molecule has 0 aromatic carbocycles. The molecule has 0 N–H and O–H groups in total. The molecule has 0 aromatic rings. The van der Waals surface area contributed by atoms with Gasteiger partial charge in [-0.25, -0.2) is 0 Å². The Bertz CT molecular complexity index is 199. The zero-order chi connectivity index (χ0) is 13.3. The van der Waals surface area contributed by atoms with E-state index in [4.69, 9.17) is 4.43 Å². The Balaban J connectivity index is 2.30. The maximum atomic E-state index is 6.03. The minimum Gasteiger partial charge on any atom is -0.420 e. The van der Waals surface area contributed by atoms with E-state index in [9.17, 15) is 0 Å². The molecule has 0 spiro atoms. The van der Waals surface area contributed by atoms with Gasteiger partial charge in [0, 0.05) is 7.11 Å². The highest BCUT2D eigenvalue weighted by Crippen LogP contribution is 2.27. The fourth-order valence-corrected chi connectivity index (χ4v) is 7.39. The van der Waals surface area contributed by atoms with Gasteiger partial charge in [0.2, 0.25) is 0 Å². The Hall–Kier alpha value is 0.137. The lowest BCUT2D eigenvalue weighted by atomic mass is 10.1. The van der Waals surface area contributed by atoms with Crippen LogP contribution in [0.2, 0.25) is 18.1 Å². The van der Waals surface area contributed by atoms with Crippen LogP contribution in [0.1, 0.15) is 52.4 Å². The third-order valence-corrected chi connectivity index (χ3v) is 9.35. The Morgan fingerprint density at radius 2 is 1.56 bits per heavy atom. The van der Waals surface area contributed by atoms with Gasteiger partial charge in [0.15, 0.2) is 8.32 Å². The van der Waals surface area contributed by atoms with Crippen molar-refractivity contribution < 1.29 is 4.43 Å². The molecular weight excluding hydrogens is 238 g/mol. The predicted octanol–water partition coefficient (Wildman–Crippen LogP) is 4.27. The van der Waals surface area contributed by atoms with Crippen molar-refractivity contribution in [2.75, 3.05) is 26.7 Å². The quantitative estimate of drug-likeness (QED) is 0.581. The average molecular weight is 272 g/mol. The Morgan fingerprint density at radius 1 is 0.944 bits per heavy atom.